The summed E-state index contributed by atoms with van der Waals surface area (Å²) in [4.78, 5) is 9.61. The number of nitro groups is 1. The zero-order valence-corrected chi connectivity index (χ0v) is 7.56. The van der Waals surface area contributed by atoms with Crippen LogP contribution in [-0.4, -0.2) is 47.5 Å². The molecule has 0 aliphatic rings. The van der Waals surface area contributed by atoms with Crippen LogP contribution in [0.5, 0.6) is 0 Å². The number of benzene rings is 1. The van der Waals surface area contributed by atoms with Crippen molar-refractivity contribution >= 4 is 51.2 Å². The first kappa shape index (κ1) is 14.3. The van der Waals surface area contributed by atoms with Crippen molar-refractivity contribution in [1.29, 1.82) is 0 Å². The summed E-state index contributed by atoms with van der Waals surface area (Å²) in [7, 11) is -4.39. The van der Waals surface area contributed by atoms with Gasteiger partial charge in [-0.15, -0.1) is 0 Å². The Hall–Kier alpha value is -0.670. The van der Waals surface area contributed by atoms with Crippen molar-refractivity contribution < 1.29 is 17.9 Å². The molecule has 0 aliphatic carbocycles. The molecule has 0 spiro atoms. The van der Waals surface area contributed by atoms with Crippen LogP contribution in [0.3, 0.4) is 0 Å². The summed E-state index contributed by atoms with van der Waals surface area (Å²) in [6, 6.07) is 4.77. The minimum absolute atomic E-state index is 0. The first-order valence-electron chi connectivity index (χ1n) is 3.38. The Balaban J connectivity index is 0.00000196. The second-order valence-electron chi connectivity index (χ2n) is 2.38. The fourth-order valence-electron chi connectivity index (χ4n) is 0.832. The zero-order valence-electron chi connectivity index (χ0n) is 6.75. The molecule has 1 aromatic carbocycles. The number of hydrogen-bond donors (Lipinski definition) is 2. The molecule has 0 amide bonds. The first-order chi connectivity index (χ1) is 6.38. The number of hydrogen-bond acceptors (Lipinski definition) is 4. The summed E-state index contributed by atoms with van der Waals surface area (Å²) < 4.78 is 30.8. The molecule has 0 radical (unpaired) electrons. The van der Waals surface area contributed by atoms with Gasteiger partial charge in [0.25, 0.3) is 5.69 Å². The van der Waals surface area contributed by atoms with E-state index < -0.39 is 15.2 Å². The second-order valence-corrected chi connectivity index (χ2v) is 3.54. The van der Waals surface area contributed by atoms with Gasteiger partial charge in [0.1, 0.15) is 0 Å². The van der Waals surface area contributed by atoms with Crippen LogP contribution in [0.25, 0.3) is 0 Å². The van der Waals surface area contributed by atoms with Gasteiger partial charge < -0.3 is 0 Å². The molecule has 9 heteroatoms. The maximum atomic E-state index is 10.4. The van der Waals surface area contributed by atoms with Gasteiger partial charge >= 0.3 is 39.9 Å². The topological polar surface area (TPSA) is 110 Å². The van der Waals surface area contributed by atoms with Gasteiger partial charge in [-0.1, -0.05) is 6.07 Å². The van der Waals surface area contributed by atoms with Crippen molar-refractivity contribution in [3.63, 3.8) is 0 Å². The molecule has 78 valence electrons. The Bertz CT molecular complexity index is 460. The maximum absolute atomic E-state index is 10.4. The van der Waals surface area contributed by atoms with Crippen molar-refractivity contribution in [2.24, 2.45) is 0 Å². The van der Waals surface area contributed by atoms with E-state index in [-0.39, 0.29) is 40.9 Å². The van der Waals surface area contributed by atoms with Crippen LogP contribution < -0.4 is 4.72 Å². The van der Waals surface area contributed by atoms with Crippen LogP contribution in [0.2, 0.25) is 0 Å². The van der Waals surface area contributed by atoms with E-state index in [1.807, 2.05) is 0 Å². The van der Waals surface area contributed by atoms with Crippen molar-refractivity contribution in [3.05, 3.63) is 34.4 Å². The molecule has 0 unspecified atom stereocenters. The Kier molecular flexibility index (Phi) is 5.18. The van der Waals surface area contributed by atoms with E-state index >= 15 is 0 Å². The summed E-state index contributed by atoms with van der Waals surface area (Å²) in [5.41, 5.74) is -0.333. The van der Waals surface area contributed by atoms with E-state index in [2.05, 4.69) is 0 Å². The van der Waals surface area contributed by atoms with Crippen molar-refractivity contribution in [1.82, 2.24) is 0 Å². The summed E-state index contributed by atoms with van der Waals surface area (Å²) >= 11 is 0. The number of non-ortho nitro benzene ring substituents is 1. The van der Waals surface area contributed by atoms with E-state index in [4.69, 9.17) is 4.55 Å². The summed E-state index contributed by atoms with van der Waals surface area (Å²) in [6.07, 6.45) is 0. The predicted octanol–water partition coefficient (Wildman–Crippen LogP) is 0.161. The molecular weight excluding hydrogens is 235 g/mol. The van der Waals surface area contributed by atoms with Gasteiger partial charge in [-0.2, -0.15) is 8.42 Å². The molecule has 0 bridgehead atoms. The average molecular weight is 242 g/mol. The van der Waals surface area contributed by atoms with Crippen LogP contribution in [0, 0.1) is 10.1 Å². The van der Waals surface area contributed by atoms with Crippen LogP contribution in [0.1, 0.15) is 0 Å². The number of anilines is 1. The van der Waals surface area contributed by atoms with Gasteiger partial charge in [0.15, 0.2) is 0 Å². The van der Waals surface area contributed by atoms with E-state index in [9.17, 15) is 18.5 Å². The molecule has 0 aliphatic heterocycles. The molecule has 0 heterocycles. The molecule has 0 atom stereocenters. The fourth-order valence-corrected chi connectivity index (χ4v) is 1.26. The van der Waals surface area contributed by atoms with Crippen LogP contribution in [-0.2, 0) is 10.3 Å². The monoisotopic (exact) mass is 242 g/mol. The third-order valence-corrected chi connectivity index (χ3v) is 1.80. The fraction of sp³-hybridized carbons (Fsp3) is 0. The van der Waals surface area contributed by atoms with Crippen LogP contribution in [0.4, 0.5) is 11.4 Å². The second kappa shape index (κ2) is 5.42. The SMILES string of the molecule is O=[N+]([O-])c1cccc(NS(=O)(=O)O)c1.[NaH]. The van der Waals surface area contributed by atoms with Gasteiger partial charge in [-0.25, -0.2) is 0 Å². The number of nitrogens with one attached hydrogen (secondary N) is 1. The quantitative estimate of drug-likeness (QED) is 0.339. The summed E-state index contributed by atoms with van der Waals surface area (Å²) in [6.45, 7) is 0. The number of nitro benzene ring substituents is 1. The first-order valence-corrected chi connectivity index (χ1v) is 4.82. The van der Waals surface area contributed by atoms with Gasteiger partial charge in [0.2, 0.25) is 0 Å². The Morgan fingerprint density at radius 2 is 2.00 bits per heavy atom. The van der Waals surface area contributed by atoms with Crippen LogP contribution in [0.15, 0.2) is 24.3 Å². The number of nitrogens with zero attached hydrogens (tertiary/aromatic N) is 1. The van der Waals surface area contributed by atoms with Gasteiger partial charge in [0, 0.05) is 12.1 Å². The molecule has 15 heavy (non-hydrogen) atoms. The molecule has 0 aromatic heterocycles. The van der Waals surface area contributed by atoms with Gasteiger partial charge in [-0.3, -0.25) is 19.4 Å². The molecule has 0 saturated heterocycles. The summed E-state index contributed by atoms with van der Waals surface area (Å²) in [5, 5.41) is 10.3. The molecule has 1 rings (SSSR count). The van der Waals surface area contributed by atoms with E-state index in [0.717, 1.165) is 6.07 Å². The van der Waals surface area contributed by atoms with E-state index in [1.54, 1.807) is 4.72 Å². The molecule has 2 N–H and O–H groups in total. The molecule has 0 saturated carbocycles. The number of rotatable bonds is 3. The molecule has 0 fully saturated rings. The third kappa shape index (κ3) is 5.09. The standard InChI is InChI=1S/C6H6N2O5S.Na.H/c9-8(10)6-3-1-2-5(4-6)7-14(11,12)13;;/h1-4,7H,(H,11,12,13);;. The molecule has 1 aromatic rings. The van der Waals surface area contributed by atoms with Gasteiger partial charge in [-0.05, 0) is 6.07 Å². The van der Waals surface area contributed by atoms with E-state index in [0.29, 0.717) is 0 Å². The minimum atomic E-state index is -4.39. The molecule has 7 nitrogen and oxygen atoms in total. The zero-order chi connectivity index (χ0) is 10.8. The predicted molar refractivity (Wildman–Crippen MR) is 55.4 cm³/mol. The summed E-state index contributed by atoms with van der Waals surface area (Å²) in [5.74, 6) is 0. The van der Waals surface area contributed by atoms with E-state index in [1.165, 1.54) is 18.2 Å². The van der Waals surface area contributed by atoms with Crippen molar-refractivity contribution in [2.45, 2.75) is 0 Å². The third-order valence-electron chi connectivity index (χ3n) is 1.30. The molecular formula is C6H7N2NaO5S. The average Bonchev–Trinajstić information content (AvgIpc) is 2.01. The van der Waals surface area contributed by atoms with Crippen molar-refractivity contribution in [2.75, 3.05) is 4.72 Å². The van der Waals surface area contributed by atoms with Crippen molar-refractivity contribution in [3.8, 4) is 0 Å². The van der Waals surface area contributed by atoms with Gasteiger partial charge in [0.05, 0.1) is 10.6 Å². The van der Waals surface area contributed by atoms with Crippen LogP contribution >= 0.6 is 0 Å². The Morgan fingerprint density at radius 3 is 2.47 bits per heavy atom. The Labute approximate surface area is 108 Å². The normalized spacial score (nSPS) is 10.2. The Morgan fingerprint density at radius 1 is 1.40 bits per heavy atom.